The number of benzene rings is 3. The molecule has 1 aliphatic carbocycles. The third-order valence-corrected chi connectivity index (χ3v) is 4.84. The molecule has 1 N–H and O–H groups in total. The largest absolute Gasteiger partial charge is 0.376 e. The Balaban J connectivity index is 2.13. The smallest absolute Gasteiger partial charge is 0.141 e. The van der Waals surface area contributed by atoms with E-state index >= 15 is 0 Å². The van der Waals surface area contributed by atoms with Crippen molar-refractivity contribution in [2.45, 2.75) is 5.60 Å². The molecule has 0 saturated heterocycles. The number of aliphatic hydroxyl groups is 1. The third kappa shape index (κ3) is 1.66. The summed E-state index contributed by atoms with van der Waals surface area (Å²) in [6.45, 7) is 0. The zero-order valence-corrected chi connectivity index (χ0v) is 12.8. The van der Waals surface area contributed by atoms with E-state index in [9.17, 15) is 5.11 Å². The highest BCUT2D eigenvalue weighted by Crippen LogP contribution is 2.52. The molecule has 0 radical (unpaired) electrons. The Bertz CT molecular complexity index is 826. The maximum absolute atomic E-state index is 11.6. The first-order valence-corrected chi connectivity index (χ1v) is 7.69. The Hall–Kier alpha value is -1.90. The summed E-state index contributed by atoms with van der Waals surface area (Å²) in [5.74, 6) is 0. The second kappa shape index (κ2) is 4.55. The average Bonchev–Trinajstić information content (AvgIpc) is 2.81. The number of fused-ring (bicyclic) bond motifs is 3. The van der Waals surface area contributed by atoms with Crippen molar-refractivity contribution in [1.82, 2.24) is 0 Å². The minimum Gasteiger partial charge on any atom is -0.376 e. The van der Waals surface area contributed by atoms with Crippen LogP contribution in [0.2, 0.25) is 0 Å². The molecule has 0 spiro atoms. The predicted molar refractivity (Wildman–Crippen MR) is 88.1 cm³/mol. The zero-order valence-electron chi connectivity index (χ0n) is 11.3. The van der Waals surface area contributed by atoms with Crippen molar-refractivity contribution in [3.8, 4) is 11.1 Å². The zero-order chi connectivity index (χ0) is 14.4. The lowest BCUT2D eigenvalue weighted by Crippen LogP contribution is -2.25. The van der Waals surface area contributed by atoms with E-state index < -0.39 is 5.60 Å². The van der Waals surface area contributed by atoms with Gasteiger partial charge in [-0.15, -0.1) is 0 Å². The first-order valence-electron chi connectivity index (χ1n) is 6.89. The molecule has 3 aromatic carbocycles. The second-order valence-corrected chi connectivity index (χ2v) is 6.14. The maximum Gasteiger partial charge on any atom is 0.141 e. The molecule has 2 heteroatoms. The molecule has 0 bridgehead atoms. The number of halogens is 1. The molecule has 0 heterocycles. The summed E-state index contributed by atoms with van der Waals surface area (Å²) >= 11 is 3.63. The van der Waals surface area contributed by atoms with Crippen LogP contribution in [0, 0.1) is 0 Å². The normalized spacial score (nSPS) is 19.1. The van der Waals surface area contributed by atoms with E-state index in [4.69, 9.17) is 0 Å². The molecule has 0 aromatic heterocycles. The van der Waals surface area contributed by atoms with Crippen LogP contribution in [0.4, 0.5) is 0 Å². The summed E-state index contributed by atoms with van der Waals surface area (Å²) in [6.07, 6.45) is 0. The molecule has 21 heavy (non-hydrogen) atoms. The monoisotopic (exact) mass is 336 g/mol. The molecule has 0 amide bonds. The van der Waals surface area contributed by atoms with Crippen LogP contribution in [0.15, 0.2) is 77.3 Å². The Kier molecular flexibility index (Phi) is 2.78. The molecule has 102 valence electrons. The van der Waals surface area contributed by atoms with Crippen molar-refractivity contribution in [2.24, 2.45) is 0 Å². The minimum absolute atomic E-state index is 0.898. The molecule has 3 aromatic rings. The first kappa shape index (κ1) is 12.8. The Morgan fingerprint density at radius 3 is 2.19 bits per heavy atom. The van der Waals surface area contributed by atoms with Crippen LogP contribution in [-0.4, -0.2) is 5.11 Å². The van der Waals surface area contributed by atoms with Gasteiger partial charge in [-0.05, 0) is 17.2 Å². The van der Waals surface area contributed by atoms with Gasteiger partial charge in [0.1, 0.15) is 5.60 Å². The maximum atomic E-state index is 11.6. The molecule has 4 rings (SSSR count). The van der Waals surface area contributed by atoms with Gasteiger partial charge in [-0.3, -0.25) is 0 Å². The lowest BCUT2D eigenvalue weighted by atomic mass is 9.84. The molecular formula is C19H13BrO. The van der Waals surface area contributed by atoms with E-state index in [1.807, 2.05) is 66.7 Å². The topological polar surface area (TPSA) is 20.2 Å². The lowest BCUT2D eigenvalue weighted by molar-refractivity contribution is 0.130. The molecule has 0 fully saturated rings. The standard InChI is InChI=1S/C19H13BrO/c20-17-12-6-11-16-18(17)14-9-4-5-10-15(14)19(16,21)13-7-2-1-3-8-13/h1-12,21H. The average molecular weight is 337 g/mol. The molecule has 1 unspecified atom stereocenters. The van der Waals surface area contributed by atoms with E-state index in [1.165, 1.54) is 0 Å². The van der Waals surface area contributed by atoms with Gasteiger partial charge in [0.25, 0.3) is 0 Å². The van der Waals surface area contributed by atoms with Gasteiger partial charge >= 0.3 is 0 Å². The first-order chi connectivity index (χ1) is 10.2. The van der Waals surface area contributed by atoms with Crippen LogP contribution in [-0.2, 0) is 5.60 Å². The Labute approximate surface area is 132 Å². The number of hydrogen-bond donors (Lipinski definition) is 1. The second-order valence-electron chi connectivity index (χ2n) is 5.28. The molecule has 1 atom stereocenters. The third-order valence-electron chi connectivity index (χ3n) is 4.18. The van der Waals surface area contributed by atoms with Gasteiger partial charge in [-0.25, -0.2) is 0 Å². The van der Waals surface area contributed by atoms with Gasteiger partial charge < -0.3 is 5.11 Å². The minimum atomic E-state index is -1.09. The fraction of sp³-hybridized carbons (Fsp3) is 0.0526. The number of hydrogen-bond acceptors (Lipinski definition) is 1. The van der Waals surface area contributed by atoms with Crippen molar-refractivity contribution < 1.29 is 5.11 Å². The molecule has 1 aliphatic rings. The van der Waals surface area contributed by atoms with Crippen molar-refractivity contribution >= 4 is 15.9 Å². The number of rotatable bonds is 1. The van der Waals surface area contributed by atoms with Crippen LogP contribution in [0.3, 0.4) is 0 Å². The van der Waals surface area contributed by atoms with Crippen LogP contribution in [0.25, 0.3) is 11.1 Å². The van der Waals surface area contributed by atoms with Gasteiger partial charge in [0.2, 0.25) is 0 Å². The van der Waals surface area contributed by atoms with E-state index in [0.29, 0.717) is 0 Å². The van der Waals surface area contributed by atoms with E-state index in [0.717, 1.165) is 32.3 Å². The van der Waals surface area contributed by atoms with Gasteiger partial charge in [-0.2, -0.15) is 0 Å². The fourth-order valence-corrected chi connectivity index (χ4v) is 3.83. The summed E-state index contributed by atoms with van der Waals surface area (Å²) in [5, 5.41) is 11.6. The van der Waals surface area contributed by atoms with Gasteiger partial charge in [0.05, 0.1) is 0 Å². The van der Waals surface area contributed by atoms with Gasteiger partial charge in [0.15, 0.2) is 0 Å². The van der Waals surface area contributed by atoms with Crippen LogP contribution < -0.4 is 0 Å². The molecule has 0 aliphatic heterocycles. The van der Waals surface area contributed by atoms with Crippen molar-refractivity contribution in [1.29, 1.82) is 0 Å². The highest BCUT2D eigenvalue weighted by molar-refractivity contribution is 9.10. The van der Waals surface area contributed by atoms with E-state index in [-0.39, 0.29) is 0 Å². The molecule has 0 saturated carbocycles. The lowest BCUT2D eigenvalue weighted by Gasteiger charge is -2.26. The highest BCUT2D eigenvalue weighted by Gasteiger charge is 2.43. The van der Waals surface area contributed by atoms with Crippen molar-refractivity contribution in [3.63, 3.8) is 0 Å². The summed E-state index contributed by atoms with van der Waals surface area (Å²) in [7, 11) is 0. The molecular weight excluding hydrogens is 324 g/mol. The predicted octanol–water partition coefficient (Wildman–Crippen LogP) is 4.71. The SMILES string of the molecule is OC1(c2ccccc2)c2ccccc2-c2c(Br)cccc21. The summed E-state index contributed by atoms with van der Waals surface area (Å²) in [5.41, 5.74) is 3.86. The van der Waals surface area contributed by atoms with Crippen molar-refractivity contribution in [2.75, 3.05) is 0 Å². The van der Waals surface area contributed by atoms with Crippen LogP contribution >= 0.6 is 15.9 Å². The van der Waals surface area contributed by atoms with Crippen LogP contribution in [0.1, 0.15) is 16.7 Å². The highest BCUT2D eigenvalue weighted by atomic mass is 79.9. The Morgan fingerprint density at radius 1 is 0.714 bits per heavy atom. The quantitative estimate of drug-likeness (QED) is 0.682. The summed E-state index contributed by atoms with van der Waals surface area (Å²) in [4.78, 5) is 0. The summed E-state index contributed by atoms with van der Waals surface area (Å²) < 4.78 is 1.01. The van der Waals surface area contributed by atoms with E-state index in [1.54, 1.807) is 0 Å². The van der Waals surface area contributed by atoms with Gasteiger partial charge in [-0.1, -0.05) is 82.7 Å². The fourth-order valence-electron chi connectivity index (χ4n) is 3.25. The molecule has 1 nitrogen and oxygen atoms in total. The van der Waals surface area contributed by atoms with Crippen molar-refractivity contribution in [3.05, 3.63) is 94.0 Å². The Morgan fingerprint density at radius 2 is 1.38 bits per heavy atom. The van der Waals surface area contributed by atoms with Gasteiger partial charge in [0, 0.05) is 21.2 Å². The van der Waals surface area contributed by atoms with Crippen LogP contribution in [0.5, 0.6) is 0 Å². The summed E-state index contributed by atoms with van der Waals surface area (Å²) in [6, 6.07) is 23.9. The van der Waals surface area contributed by atoms with E-state index in [2.05, 4.69) is 22.0 Å².